The molecule has 1 heterocycles. The zero-order chi connectivity index (χ0) is 25.0. The fourth-order valence-corrected chi connectivity index (χ4v) is 4.10. The van der Waals surface area contributed by atoms with Gasteiger partial charge in [0.15, 0.2) is 0 Å². The average molecular weight is 534 g/mol. The van der Waals surface area contributed by atoms with E-state index < -0.39 is 35.0 Å². The number of halogens is 1. The van der Waals surface area contributed by atoms with E-state index in [0.29, 0.717) is 15.4 Å². The molecule has 0 aliphatic heterocycles. The molecule has 3 aromatic rings. The second-order valence-electron chi connectivity index (χ2n) is 6.95. The summed E-state index contributed by atoms with van der Waals surface area (Å²) in [6, 6.07) is 5.23. The summed E-state index contributed by atoms with van der Waals surface area (Å²) in [5.74, 6) is -3.65. The van der Waals surface area contributed by atoms with Gasteiger partial charge in [0.2, 0.25) is 0 Å². The molecule has 1 N–H and O–H groups in total. The maximum atomic E-state index is 13.2. The first kappa shape index (κ1) is 25.2. The Balaban J connectivity index is 2.66. The lowest BCUT2D eigenvalue weighted by atomic mass is 9.90. The van der Waals surface area contributed by atoms with Gasteiger partial charge in [-0.3, -0.25) is 0 Å². The monoisotopic (exact) mass is 533 g/mol. The normalized spacial score (nSPS) is 10.9. The van der Waals surface area contributed by atoms with Gasteiger partial charge < -0.3 is 23.9 Å². The highest BCUT2D eigenvalue weighted by molar-refractivity contribution is 9.10. The minimum Gasteiger partial charge on any atom is -0.462 e. The fraction of sp³-hybridized carbons (Fsp3) is 0.333. The number of rotatable bonds is 8. The van der Waals surface area contributed by atoms with Crippen LogP contribution in [-0.4, -0.2) is 55.3 Å². The molecular weight excluding hydrogens is 510 g/mol. The Morgan fingerprint density at radius 2 is 1.15 bits per heavy atom. The number of nitrogens with one attached hydrogen (secondary N) is 1. The van der Waals surface area contributed by atoms with E-state index in [1.807, 2.05) is 0 Å². The Morgan fingerprint density at radius 3 is 1.65 bits per heavy atom. The fourth-order valence-electron chi connectivity index (χ4n) is 3.74. The van der Waals surface area contributed by atoms with Crippen molar-refractivity contribution in [2.75, 3.05) is 26.4 Å². The van der Waals surface area contributed by atoms with Crippen LogP contribution in [0.1, 0.15) is 69.1 Å². The Bertz CT molecular complexity index is 1290. The second-order valence-corrected chi connectivity index (χ2v) is 7.86. The first-order valence-electron chi connectivity index (χ1n) is 10.8. The maximum Gasteiger partial charge on any atom is 0.341 e. The van der Waals surface area contributed by atoms with Crippen LogP contribution in [0.2, 0.25) is 0 Å². The molecule has 0 atom stereocenters. The molecule has 0 aliphatic rings. The number of esters is 4. The van der Waals surface area contributed by atoms with Gasteiger partial charge in [0.05, 0.1) is 54.2 Å². The van der Waals surface area contributed by atoms with E-state index >= 15 is 0 Å². The average Bonchev–Trinajstić information content (AvgIpc) is 3.16. The van der Waals surface area contributed by atoms with E-state index in [4.69, 9.17) is 18.9 Å². The van der Waals surface area contributed by atoms with E-state index in [0.717, 1.165) is 0 Å². The highest BCUT2D eigenvalue weighted by atomic mass is 79.9. The number of aromatic amines is 1. The van der Waals surface area contributed by atoms with E-state index in [2.05, 4.69) is 20.9 Å². The highest BCUT2D eigenvalue weighted by Gasteiger charge is 2.37. The lowest BCUT2D eigenvalue weighted by Gasteiger charge is -2.18. The number of carbonyl (C=O) groups is 4. The number of carbonyl (C=O) groups excluding carboxylic acids is 4. The molecule has 0 saturated heterocycles. The zero-order valence-electron chi connectivity index (χ0n) is 19.2. The topological polar surface area (TPSA) is 121 Å². The Hall–Kier alpha value is -3.40. The first-order chi connectivity index (χ1) is 16.3. The van der Waals surface area contributed by atoms with Crippen molar-refractivity contribution in [3.05, 3.63) is 44.9 Å². The van der Waals surface area contributed by atoms with Crippen molar-refractivity contribution in [2.45, 2.75) is 27.7 Å². The van der Waals surface area contributed by atoms with Gasteiger partial charge in [-0.1, -0.05) is 15.9 Å². The van der Waals surface area contributed by atoms with Gasteiger partial charge in [-0.05, 0) is 45.9 Å². The van der Waals surface area contributed by atoms with Gasteiger partial charge in [-0.2, -0.15) is 0 Å². The van der Waals surface area contributed by atoms with Crippen molar-refractivity contribution < 1.29 is 38.1 Å². The number of aromatic nitrogens is 1. The second kappa shape index (κ2) is 10.7. The van der Waals surface area contributed by atoms with E-state index in [9.17, 15) is 19.2 Å². The smallest absolute Gasteiger partial charge is 0.341 e. The third-order valence-corrected chi connectivity index (χ3v) is 5.42. The van der Waals surface area contributed by atoms with Crippen molar-refractivity contribution in [2.24, 2.45) is 0 Å². The lowest BCUT2D eigenvalue weighted by Crippen LogP contribution is -2.24. The number of H-pyrrole nitrogens is 1. The van der Waals surface area contributed by atoms with Crippen molar-refractivity contribution in [3.8, 4) is 0 Å². The van der Waals surface area contributed by atoms with Crippen molar-refractivity contribution >= 4 is 61.6 Å². The quantitative estimate of drug-likeness (QED) is 0.324. The van der Waals surface area contributed by atoms with Gasteiger partial charge >= 0.3 is 23.9 Å². The van der Waals surface area contributed by atoms with Gasteiger partial charge in [0, 0.05) is 20.8 Å². The van der Waals surface area contributed by atoms with E-state index in [1.165, 1.54) is 0 Å². The molecule has 0 aliphatic carbocycles. The third kappa shape index (κ3) is 4.50. The van der Waals surface area contributed by atoms with Gasteiger partial charge in [-0.25, -0.2) is 19.2 Å². The molecule has 2 aromatic carbocycles. The summed E-state index contributed by atoms with van der Waals surface area (Å²) in [6.07, 6.45) is 0. The van der Waals surface area contributed by atoms with Crippen LogP contribution in [0.4, 0.5) is 0 Å². The summed E-state index contributed by atoms with van der Waals surface area (Å²) >= 11 is 3.41. The molecule has 9 nitrogen and oxygen atoms in total. The predicted molar refractivity (Wildman–Crippen MR) is 127 cm³/mol. The highest BCUT2D eigenvalue weighted by Crippen LogP contribution is 2.38. The van der Waals surface area contributed by atoms with Crippen molar-refractivity contribution in [1.82, 2.24) is 4.98 Å². The summed E-state index contributed by atoms with van der Waals surface area (Å²) in [5.41, 5.74) is -0.541. The molecule has 0 saturated carbocycles. The third-order valence-electron chi connectivity index (χ3n) is 4.93. The largest absolute Gasteiger partial charge is 0.462 e. The summed E-state index contributed by atoms with van der Waals surface area (Å²) in [5, 5.41) is 0.757. The molecule has 1 aromatic heterocycles. The molecular formula is C24H24BrNO8. The van der Waals surface area contributed by atoms with Crippen LogP contribution in [0.3, 0.4) is 0 Å². The zero-order valence-corrected chi connectivity index (χ0v) is 20.8. The Morgan fingerprint density at radius 1 is 0.706 bits per heavy atom. The molecule has 180 valence electrons. The molecule has 3 rings (SSSR count). The summed E-state index contributed by atoms with van der Waals surface area (Å²) in [4.78, 5) is 55.8. The van der Waals surface area contributed by atoms with Crippen LogP contribution in [0.25, 0.3) is 21.8 Å². The number of hydrogen-bond acceptors (Lipinski definition) is 8. The molecule has 10 heteroatoms. The molecule has 0 fully saturated rings. The maximum absolute atomic E-state index is 13.2. The molecule has 34 heavy (non-hydrogen) atoms. The molecule has 0 bridgehead atoms. The van der Waals surface area contributed by atoms with Crippen LogP contribution in [0.15, 0.2) is 22.7 Å². The van der Waals surface area contributed by atoms with Crippen molar-refractivity contribution in [1.29, 1.82) is 0 Å². The lowest BCUT2D eigenvalue weighted by molar-refractivity contribution is 0.0446. The standard InChI is InChI=1S/C24H24BrNO8/c1-5-31-21(27)16-15-13-11-12(25)9-10-14(13)26-20(15)19(24(30)34-8-4)18(23(29)33-7-3)17(16)22(28)32-6-2/h9-11,26H,5-8H2,1-4H3. The first-order valence-corrected chi connectivity index (χ1v) is 11.6. The van der Waals surface area contributed by atoms with Gasteiger partial charge in [0.25, 0.3) is 0 Å². The van der Waals surface area contributed by atoms with E-state index in [-0.39, 0.29) is 48.5 Å². The van der Waals surface area contributed by atoms with Gasteiger partial charge in [0.1, 0.15) is 0 Å². The molecule has 0 amide bonds. The Kier molecular flexibility index (Phi) is 7.93. The summed E-state index contributed by atoms with van der Waals surface area (Å²) < 4.78 is 21.5. The Labute approximate surface area is 203 Å². The SMILES string of the molecule is CCOC(=O)c1c(C(=O)OCC)c(C(=O)OCC)c2c([nH]c3ccc(Br)cc32)c1C(=O)OCC. The van der Waals surface area contributed by atoms with Crippen LogP contribution < -0.4 is 0 Å². The van der Waals surface area contributed by atoms with Crippen molar-refractivity contribution in [3.63, 3.8) is 0 Å². The molecule has 0 radical (unpaired) electrons. The number of fused-ring (bicyclic) bond motifs is 3. The van der Waals surface area contributed by atoms with Gasteiger partial charge in [-0.15, -0.1) is 0 Å². The predicted octanol–water partition coefficient (Wildman–Crippen LogP) is 4.79. The van der Waals surface area contributed by atoms with Crippen LogP contribution >= 0.6 is 15.9 Å². The molecule has 0 spiro atoms. The number of hydrogen-bond donors (Lipinski definition) is 1. The minimum atomic E-state index is -0.971. The van der Waals surface area contributed by atoms with Crippen LogP contribution in [0, 0.1) is 0 Å². The van der Waals surface area contributed by atoms with E-state index in [1.54, 1.807) is 45.9 Å². The summed E-state index contributed by atoms with van der Waals surface area (Å²) in [7, 11) is 0. The minimum absolute atomic E-state index is 0.0166. The molecule has 0 unspecified atom stereocenters. The number of ether oxygens (including phenoxy) is 4. The van der Waals surface area contributed by atoms with Crippen LogP contribution in [-0.2, 0) is 18.9 Å². The number of benzene rings is 2. The van der Waals surface area contributed by atoms with Crippen LogP contribution in [0.5, 0.6) is 0 Å². The summed E-state index contributed by atoms with van der Waals surface area (Å²) in [6.45, 7) is 6.36.